The second-order valence-electron chi connectivity index (χ2n) is 4.11. The second-order valence-corrected chi connectivity index (χ2v) is 4.38. The van der Waals surface area contributed by atoms with Crippen LogP contribution in [0.3, 0.4) is 0 Å². The van der Waals surface area contributed by atoms with E-state index in [0.29, 0.717) is 11.8 Å². The predicted octanol–water partition coefficient (Wildman–Crippen LogP) is 3.57. The van der Waals surface area contributed by atoms with Crippen LogP contribution in [0.4, 0.5) is 0 Å². The van der Waals surface area contributed by atoms with Gasteiger partial charge >= 0.3 is 0 Å². The molecule has 0 spiro atoms. The number of fused-ring (bicyclic) bond motifs is 1. The number of oxazole rings is 1. The van der Waals surface area contributed by atoms with Gasteiger partial charge < -0.3 is 4.42 Å². The van der Waals surface area contributed by atoms with Crippen molar-refractivity contribution in [1.82, 2.24) is 4.98 Å². The molecule has 0 unspecified atom stereocenters. The number of hydrogen-bond acceptors (Lipinski definition) is 2. The van der Waals surface area contributed by atoms with Gasteiger partial charge in [0, 0.05) is 5.56 Å². The fourth-order valence-electron chi connectivity index (χ4n) is 2.21. The van der Waals surface area contributed by atoms with E-state index >= 15 is 0 Å². The molecule has 0 N–H and O–H groups in total. The van der Waals surface area contributed by atoms with Crippen molar-refractivity contribution in [3.05, 3.63) is 41.3 Å². The Morgan fingerprint density at radius 1 is 1.25 bits per heavy atom. The van der Waals surface area contributed by atoms with Crippen molar-refractivity contribution in [3.63, 3.8) is 0 Å². The fraction of sp³-hybridized carbons (Fsp3) is 0.308. The van der Waals surface area contributed by atoms with Gasteiger partial charge in [0.15, 0.2) is 0 Å². The van der Waals surface area contributed by atoms with Crippen molar-refractivity contribution in [2.75, 3.05) is 0 Å². The number of halogens is 1. The molecule has 0 saturated heterocycles. The van der Waals surface area contributed by atoms with Crippen LogP contribution in [-0.4, -0.2) is 4.98 Å². The molecule has 1 aliphatic rings. The smallest absolute Gasteiger partial charge is 0.226 e. The van der Waals surface area contributed by atoms with Gasteiger partial charge in [0.1, 0.15) is 6.26 Å². The molecule has 0 atom stereocenters. The SMILES string of the molecule is ClCc1coc(-c2ccc3c(c2)CCC3)n1. The van der Waals surface area contributed by atoms with Gasteiger partial charge in [0.2, 0.25) is 5.89 Å². The van der Waals surface area contributed by atoms with Gasteiger partial charge in [-0.15, -0.1) is 11.6 Å². The summed E-state index contributed by atoms with van der Waals surface area (Å²) in [6, 6.07) is 6.45. The molecule has 3 heteroatoms. The molecule has 0 amide bonds. The number of nitrogens with zero attached hydrogens (tertiary/aromatic N) is 1. The van der Waals surface area contributed by atoms with Crippen molar-refractivity contribution in [2.45, 2.75) is 25.1 Å². The number of hydrogen-bond donors (Lipinski definition) is 0. The highest BCUT2D eigenvalue weighted by Gasteiger charge is 2.13. The lowest BCUT2D eigenvalue weighted by atomic mass is 10.1. The molecule has 3 rings (SSSR count). The van der Waals surface area contributed by atoms with E-state index in [-0.39, 0.29) is 0 Å². The van der Waals surface area contributed by atoms with Crippen LogP contribution in [0, 0.1) is 0 Å². The average Bonchev–Trinajstić information content (AvgIpc) is 2.96. The number of benzene rings is 1. The highest BCUT2D eigenvalue weighted by molar-refractivity contribution is 6.16. The van der Waals surface area contributed by atoms with E-state index in [2.05, 4.69) is 23.2 Å². The van der Waals surface area contributed by atoms with Crippen LogP contribution >= 0.6 is 11.6 Å². The standard InChI is InChI=1S/C13H12ClNO/c14-7-12-8-16-13(15-12)11-5-4-9-2-1-3-10(9)6-11/h4-6,8H,1-3,7H2. The second kappa shape index (κ2) is 3.95. The largest absolute Gasteiger partial charge is 0.444 e. The van der Waals surface area contributed by atoms with E-state index in [1.807, 2.05) is 0 Å². The van der Waals surface area contributed by atoms with E-state index in [4.69, 9.17) is 16.0 Å². The molecule has 1 aromatic carbocycles. The number of aromatic nitrogens is 1. The zero-order valence-corrected chi connectivity index (χ0v) is 9.63. The zero-order chi connectivity index (χ0) is 11.0. The van der Waals surface area contributed by atoms with Crippen LogP contribution < -0.4 is 0 Å². The van der Waals surface area contributed by atoms with Crippen LogP contribution in [0.5, 0.6) is 0 Å². The molecule has 2 aromatic rings. The maximum atomic E-state index is 5.70. The average molecular weight is 234 g/mol. The molecule has 2 nitrogen and oxygen atoms in total. The zero-order valence-electron chi connectivity index (χ0n) is 8.87. The summed E-state index contributed by atoms with van der Waals surface area (Å²) < 4.78 is 5.41. The van der Waals surface area contributed by atoms with Crippen molar-refractivity contribution in [3.8, 4) is 11.5 Å². The normalized spacial score (nSPS) is 14.1. The molecule has 0 fully saturated rings. The van der Waals surface area contributed by atoms with Gasteiger partial charge in [0.25, 0.3) is 0 Å². The van der Waals surface area contributed by atoms with Crippen LogP contribution in [0.25, 0.3) is 11.5 Å². The summed E-state index contributed by atoms with van der Waals surface area (Å²) >= 11 is 5.70. The molecule has 82 valence electrons. The molecule has 0 saturated carbocycles. The molecule has 0 bridgehead atoms. The monoisotopic (exact) mass is 233 g/mol. The lowest BCUT2D eigenvalue weighted by Crippen LogP contribution is -1.85. The third-order valence-corrected chi connectivity index (χ3v) is 3.31. The van der Waals surface area contributed by atoms with Crippen molar-refractivity contribution < 1.29 is 4.42 Å². The lowest BCUT2D eigenvalue weighted by Gasteiger charge is -2.00. The van der Waals surface area contributed by atoms with Gasteiger partial charge in [-0.2, -0.15) is 0 Å². The van der Waals surface area contributed by atoms with Gasteiger partial charge in [-0.25, -0.2) is 4.98 Å². The van der Waals surface area contributed by atoms with Crippen LogP contribution in [0.15, 0.2) is 28.9 Å². The van der Waals surface area contributed by atoms with E-state index in [1.165, 1.54) is 30.4 Å². The first-order chi connectivity index (χ1) is 7.86. The molecular formula is C13H12ClNO. The molecule has 16 heavy (non-hydrogen) atoms. The quantitative estimate of drug-likeness (QED) is 0.742. The minimum Gasteiger partial charge on any atom is -0.444 e. The van der Waals surface area contributed by atoms with Gasteiger partial charge in [-0.1, -0.05) is 6.07 Å². The number of rotatable bonds is 2. The van der Waals surface area contributed by atoms with Crippen molar-refractivity contribution in [1.29, 1.82) is 0 Å². The number of aryl methyl sites for hydroxylation is 2. The molecule has 1 aromatic heterocycles. The first-order valence-corrected chi connectivity index (χ1v) is 6.03. The Hall–Kier alpha value is -1.28. The van der Waals surface area contributed by atoms with E-state index in [1.54, 1.807) is 6.26 Å². The third kappa shape index (κ3) is 1.63. The maximum absolute atomic E-state index is 5.70. The molecule has 0 aliphatic heterocycles. The van der Waals surface area contributed by atoms with Gasteiger partial charge in [-0.05, 0) is 42.5 Å². The summed E-state index contributed by atoms with van der Waals surface area (Å²) in [4.78, 5) is 4.33. The Kier molecular flexibility index (Phi) is 2.44. The van der Waals surface area contributed by atoms with Gasteiger partial charge in [0.05, 0.1) is 11.6 Å². The Morgan fingerprint density at radius 2 is 2.12 bits per heavy atom. The molecule has 1 heterocycles. The van der Waals surface area contributed by atoms with Crippen molar-refractivity contribution >= 4 is 11.6 Å². The number of alkyl halides is 1. The minimum absolute atomic E-state index is 0.397. The summed E-state index contributed by atoms with van der Waals surface area (Å²) in [6.07, 6.45) is 5.26. The Labute approximate surface area is 99.3 Å². The van der Waals surface area contributed by atoms with Crippen molar-refractivity contribution in [2.24, 2.45) is 0 Å². The van der Waals surface area contributed by atoms with Crippen LogP contribution in [-0.2, 0) is 18.7 Å². The summed E-state index contributed by atoms with van der Waals surface area (Å²) in [7, 11) is 0. The highest BCUT2D eigenvalue weighted by atomic mass is 35.5. The first kappa shape index (κ1) is 9.91. The highest BCUT2D eigenvalue weighted by Crippen LogP contribution is 2.27. The molecule has 1 aliphatic carbocycles. The summed E-state index contributed by atoms with van der Waals surface area (Å²) in [5.74, 6) is 1.07. The third-order valence-electron chi connectivity index (χ3n) is 3.03. The lowest BCUT2D eigenvalue weighted by molar-refractivity contribution is 0.573. The maximum Gasteiger partial charge on any atom is 0.226 e. The summed E-state index contributed by atoms with van der Waals surface area (Å²) in [5.41, 5.74) is 4.74. The fourth-order valence-corrected chi connectivity index (χ4v) is 2.33. The predicted molar refractivity (Wildman–Crippen MR) is 63.5 cm³/mol. The topological polar surface area (TPSA) is 26.0 Å². The van der Waals surface area contributed by atoms with Crippen LogP contribution in [0.2, 0.25) is 0 Å². The molecular weight excluding hydrogens is 222 g/mol. The van der Waals surface area contributed by atoms with E-state index < -0.39 is 0 Å². The van der Waals surface area contributed by atoms with E-state index in [0.717, 1.165) is 11.3 Å². The Balaban J connectivity index is 2.00. The summed E-state index contributed by atoms with van der Waals surface area (Å²) in [5, 5.41) is 0. The first-order valence-electron chi connectivity index (χ1n) is 5.49. The minimum atomic E-state index is 0.397. The van der Waals surface area contributed by atoms with Crippen LogP contribution in [0.1, 0.15) is 23.2 Å². The summed E-state index contributed by atoms with van der Waals surface area (Å²) in [6.45, 7) is 0. The Morgan fingerprint density at radius 3 is 2.94 bits per heavy atom. The molecule has 0 radical (unpaired) electrons. The van der Waals surface area contributed by atoms with Gasteiger partial charge in [-0.3, -0.25) is 0 Å². The van der Waals surface area contributed by atoms with E-state index in [9.17, 15) is 0 Å². The Bertz CT molecular complexity index is 518.